The fourth-order valence-corrected chi connectivity index (χ4v) is 2.35. The minimum atomic E-state index is -0.491. The van der Waals surface area contributed by atoms with Crippen LogP contribution in [0.3, 0.4) is 0 Å². The molecule has 0 spiro atoms. The number of carbonyl (C=O) groups excluding carboxylic acids is 2. The van der Waals surface area contributed by atoms with Gasteiger partial charge in [-0.15, -0.1) is 12.4 Å². The molecule has 0 heterocycles. The van der Waals surface area contributed by atoms with Crippen molar-refractivity contribution < 1.29 is 14.0 Å². The topological polar surface area (TPSA) is 84.2 Å². The van der Waals surface area contributed by atoms with Gasteiger partial charge in [-0.1, -0.05) is 13.8 Å². The number of hydrogen-bond donors (Lipinski definition) is 3. The van der Waals surface area contributed by atoms with Crippen LogP contribution in [0.2, 0.25) is 0 Å². The molecule has 0 aliphatic rings. The summed E-state index contributed by atoms with van der Waals surface area (Å²) >= 11 is 3.19. The van der Waals surface area contributed by atoms with E-state index in [0.717, 1.165) is 18.9 Å². The Labute approximate surface area is 156 Å². The van der Waals surface area contributed by atoms with Crippen molar-refractivity contribution in [1.82, 2.24) is 10.6 Å². The number of carbonyl (C=O) groups is 2. The first-order valence-electron chi connectivity index (χ1n) is 7.60. The lowest BCUT2D eigenvalue weighted by Crippen LogP contribution is -2.49. The minimum absolute atomic E-state index is 0. The molecule has 0 saturated carbocycles. The van der Waals surface area contributed by atoms with Gasteiger partial charge in [0.15, 0.2) is 0 Å². The molecule has 1 aromatic rings. The van der Waals surface area contributed by atoms with Crippen molar-refractivity contribution in [3.05, 3.63) is 34.1 Å². The Morgan fingerprint density at radius 3 is 2.46 bits per heavy atom. The van der Waals surface area contributed by atoms with Crippen molar-refractivity contribution in [3.63, 3.8) is 0 Å². The fraction of sp³-hybridized carbons (Fsp3) is 0.500. The Morgan fingerprint density at radius 1 is 1.25 bits per heavy atom. The Morgan fingerprint density at radius 2 is 1.88 bits per heavy atom. The SMILES string of the molecule is CCC(N)(CC)CNC(=O)CCNC(=O)c1cc(F)ccc1Br.Cl. The first kappa shape index (κ1) is 22.8. The molecular weight excluding hydrogens is 401 g/mol. The van der Waals surface area contributed by atoms with Crippen LogP contribution in [0, 0.1) is 5.82 Å². The number of hydrogen-bond acceptors (Lipinski definition) is 3. The van der Waals surface area contributed by atoms with E-state index in [1.807, 2.05) is 13.8 Å². The van der Waals surface area contributed by atoms with Crippen molar-refractivity contribution in [2.75, 3.05) is 13.1 Å². The van der Waals surface area contributed by atoms with Crippen LogP contribution in [0.25, 0.3) is 0 Å². The summed E-state index contributed by atoms with van der Waals surface area (Å²) in [6.45, 7) is 4.53. The third-order valence-electron chi connectivity index (χ3n) is 3.86. The van der Waals surface area contributed by atoms with Crippen molar-refractivity contribution in [3.8, 4) is 0 Å². The summed E-state index contributed by atoms with van der Waals surface area (Å²) in [6, 6.07) is 3.87. The zero-order valence-electron chi connectivity index (χ0n) is 13.8. The van der Waals surface area contributed by atoms with Gasteiger partial charge in [-0.05, 0) is 47.0 Å². The van der Waals surface area contributed by atoms with Gasteiger partial charge in [-0.25, -0.2) is 4.39 Å². The maximum atomic E-state index is 13.2. The molecule has 1 rings (SSSR count). The van der Waals surface area contributed by atoms with Gasteiger partial charge in [-0.3, -0.25) is 9.59 Å². The zero-order valence-corrected chi connectivity index (χ0v) is 16.2. The number of nitrogens with two attached hydrogens (primary N) is 1. The third-order valence-corrected chi connectivity index (χ3v) is 4.55. The fourth-order valence-electron chi connectivity index (χ4n) is 1.92. The Hall–Kier alpha value is -1.18. The van der Waals surface area contributed by atoms with E-state index in [1.54, 1.807) is 0 Å². The Bertz CT molecular complexity index is 568. The molecule has 0 unspecified atom stereocenters. The number of rotatable bonds is 8. The van der Waals surface area contributed by atoms with Gasteiger partial charge in [0, 0.05) is 29.5 Å². The molecule has 24 heavy (non-hydrogen) atoms. The standard InChI is InChI=1S/C16H23BrFN3O2.ClH/c1-3-16(19,4-2)10-21-14(22)7-8-20-15(23)12-9-11(18)5-6-13(12)17;/h5-6,9H,3-4,7-8,10,19H2,1-2H3,(H,20,23)(H,21,22);1H. The van der Waals surface area contributed by atoms with Crippen LogP contribution < -0.4 is 16.4 Å². The molecular formula is C16H24BrClFN3O2. The summed E-state index contributed by atoms with van der Waals surface area (Å²) in [5, 5.41) is 5.37. The van der Waals surface area contributed by atoms with Crippen LogP contribution in [-0.4, -0.2) is 30.4 Å². The number of halogens is 3. The molecule has 8 heteroatoms. The first-order valence-corrected chi connectivity index (χ1v) is 8.39. The Balaban J connectivity index is 0.00000529. The van der Waals surface area contributed by atoms with Crippen LogP contribution in [0.15, 0.2) is 22.7 Å². The molecule has 2 amide bonds. The van der Waals surface area contributed by atoms with E-state index in [-0.39, 0.29) is 36.8 Å². The summed E-state index contributed by atoms with van der Waals surface area (Å²) in [7, 11) is 0. The lowest BCUT2D eigenvalue weighted by Gasteiger charge is -2.26. The molecule has 0 aliphatic heterocycles. The molecule has 0 aromatic heterocycles. The normalized spacial score (nSPS) is 10.7. The van der Waals surface area contributed by atoms with E-state index >= 15 is 0 Å². The van der Waals surface area contributed by atoms with Gasteiger partial charge in [0.25, 0.3) is 5.91 Å². The third kappa shape index (κ3) is 7.15. The van der Waals surface area contributed by atoms with Crippen LogP contribution in [0.1, 0.15) is 43.5 Å². The maximum absolute atomic E-state index is 13.2. The van der Waals surface area contributed by atoms with E-state index < -0.39 is 17.3 Å². The first-order chi connectivity index (χ1) is 10.8. The van der Waals surface area contributed by atoms with Gasteiger partial charge < -0.3 is 16.4 Å². The number of nitrogens with one attached hydrogen (secondary N) is 2. The lowest BCUT2D eigenvalue weighted by atomic mass is 9.94. The smallest absolute Gasteiger partial charge is 0.252 e. The summed E-state index contributed by atoms with van der Waals surface area (Å²) < 4.78 is 13.7. The summed E-state index contributed by atoms with van der Waals surface area (Å²) in [4.78, 5) is 23.7. The van der Waals surface area contributed by atoms with E-state index in [2.05, 4.69) is 26.6 Å². The molecule has 0 bridgehead atoms. The Kier molecular flexibility index (Phi) is 10.1. The van der Waals surface area contributed by atoms with Crippen LogP contribution in [0.5, 0.6) is 0 Å². The van der Waals surface area contributed by atoms with Crippen LogP contribution in [-0.2, 0) is 4.79 Å². The molecule has 4 N–H and O–H groups in total. The van der Waals surface area contributed by atoms with Gasteiger partial charge in [-0.2, -0.15) is 0 Å². The highest BCUT2D eigenvalue weighted by Crippen LogP contribution is 2.17. The molecule has 136 valence electrons. The average molecular weight is 425 g/mol. The van der Waals surface area contributed by atoms with Gasteiger partial charge in [0.1, 0.15) is 5.82 Å². The lowest BCUT2D eigenvalue weighted by molar-refractivity contribution is -0.121. The highest BCUT2D eigenvalue weighted by atomic mass is 79.9. The molecule has 5 nitrogen and oxygen atoms in total. The second kappa shape index (κ2) is 10.6. The molecule has 1 aromatic carbocycles. The molecule has 0 radical (unpaired) electrons. The predicted molar refractivity (Wildman–Crippen MR) is 98.8 cm³/mol. The van der Waals surface area contributed by atoms with Crippen molar-refractivity contribution in [2.45, 2.75) is 38.6 Å². The van der Waals surface area contributed by atoms with E-state index in [9.17, 15) is 14.0 Å². The molecule has 0 fully saturated rings. The summed E-state index contributed by atoms with van der Waals surface area (Å²) in [6.07, 6.45) is 1.68. The van der Waals surface area contributed by atoms with Crippen molar-refractivity contribution in [1.29, 1.82) is 0 Å². The summed E-state index contributed by atoms with van der Waals surface area (Å²) in [5.74, 6) is -1.10. The maximum Gasteiger partial charge on any atom is 0.252 e. The van der Waals surface area contributed by atoms with Gasteiger partial charge >= 0.3 is 0 Å². The monoisotopic (exact) mass is 423 g/mol. The van der Waals surface area contributed by atoms with Crippen LogP contribution in [0.4, 0.5) is 4.39 Å². The molecule has 0 saturated heterocycles. The van der Waals surface area contributed by atoms with Gasteiger partial charge in [0.2, 0.25) is 5.91 Å². The van der Waals surface area contributed by atoms with Crippen LogP contribution >= 0.6 is 28.3 Å². The van der Waals surface area contributed by atoms with E-state index in [4.69, 9.17) is 5.73 Å². The molecule has 0 aliphatic carbocycles. The average Bonchev–Trinajstić information content (AvgIpc) is 2.54. The molecule has 0 atom stereocenters. The number of benzene rings is 1. The van der Waals surface area contributed by atoms with Gasteiger partial charge in [0.05, 0.1) is 5.56 Å². The van der Waals surface area contributed by atoms with E-state index in [0.29, 0.717) is 11.0 Å². The summed E-state index contributed by atoms with van der Waals surface area (Å²) in [5.41, 5.74) is 5.90. The minimum Gasteiger partial charge on any atom is -0.354 e. The highest BCUT2D eigenvalue weighted by molar-refractivity contribution is 9.10. The van der Waals surface area contributed by atoms with Crippen molar-refractivity contribution in [2.24, 2.45) is 5.73 Å². The van der Waals surface area contributed by atoms with E-state index in [1.165, 1.54) is 12.1 Å². The number of amides is 2. The quantitative estimate of drug-likeness (QED) is 0.600. The largest absolute Gasteiger partial charge is 0.354 e. The zero-order chi connectivity index (χ0) is 17.5. The van der Waals surface area contributed by atoms with Crippen molar-refractivity contribution >= 4 is 40.2 Å². The highest BCUT2D eigenvalue weighted by Gasteiger charge is 2.20. The second-order valence-corrected chi connectivity index (χ2v) is 6.33. The predicted octanol–water partition coefficient (Wildman–Crippen LogP) is 2.76. The second-order valence-electron chi connectivity index (χ2n) is 5.48.